The van der Waals surface area contributed by atoms with Crippen molar-refractivity contribution in [2.45, 2.75) is 57.5 Å². The highest BCUT2D eigenvalue weighted by molar-refractivity contribution is 7.81. The van der Waals surface area contributed by atoms with E-state index in [-0.39, 0.29) is 18.0 Å². The van der Waals surface area contributed by atoms with E-state index in [4.69, 9.17) is 9.47 Å². The van der Waals surface area contributed by atoms with E-state index in [0.29, 0.717) is 23.4 Å². The molecule has 1 aliphatic rings. The molecule has 1 aromatic heterocycles. The fourth-order valence-electron chi connectivity index (χ4n) is 3.43. The average molecular weight is 506 g/mol. The Labute approximate surface area is 211 Å². The lowest BCUT2D eigenvalue weighted by Crippen LogP contribution is -2.39. The van der Waals surface area contributed by atoms with E-state index < -0.39 is 23.3 Å². The molecule has 1 aromatic rings. The predicted octanol–water partition coefficient (Wildman–Crippen LogP) is 3.48. The number of carbonyl (C=O) groups is 1. The first-order chi connectivity index (χ1) is 16.1. The van der Waals surface area contributed by atoms with Crippen molar-refractivity contribution in [2.75, 3.05) is 20.0 Å². The van der Waals surface area contributed by atoms with E-state index >= 15 is 0 Å². The fourth-order valence-corrected chi connectivity index (χ4v) is 4.52. The summed E-state index contributed by atoms with van der Waals surface area (Å²) in [6, 6.07) is -0.459. The van der Waals surface area contributed by atoms with Gasteiger partial charge in [0.25, 0.3) is 0 Å². The molecule has 0 aliphatic carbocycles. The molecule has 0 aromatic carbocycles. The molecule has 2 bridgehead atoms. The zero-order valence-electron chi connectivity index (χ0n) is 20.2. The molecule has 0 amide bonds. The number of Topliss-reactive ketones (excluding diaryl/α,β-unsaturated/α-hetero) is 1. The van der Waals surface area contributed by atoms with Crippen LogP contribution in [0.2, 0.25) is 0 Å². The number of aliphatic imine (C=N–C) groups is 1. The van der Waals surface area contributed by atoms with Gasteiger partial charge >= 0.3 is 0 Å². The lowest BCUT2D eigenvalue weighted by Gasteiger charge is -2.26. The van der Waals surface area contributed by atoms with Crippen molar-refractivity contribution in [3.8, 4) is 0 Å². The third-order valence-corrected chi connectivity index (χ3v) is 6.93. The number of thiazole rings is 1. The van der Waals surface area contributed by atoms with Crippen LogP contribution in [-0.4, -0.2) is 59.6 Å². The van der Waals surface area contributed by atoms with Gasteiger partial charge in [0, 0.05) is 19.6 Å². The monoisotopic (exact) mass is 505 g/mol. The minimum atomic E-state index is -1.82. The van der Waals surface area contributed by atoms with Gasteiger partial charge in [0.15, 0.2) is 5.78 Å². The maximum Gasteiger partial charge on any atom is 0.177 e. The highest BCUT2D eigenvalue weighted by Crippen LogP contribution is 2.27. The van der Waals surface area contributed by atoms with Crippen molar-refractivity contribution in [1.82, 2.24) is 4.98 Å². The number of ether oxygens (including phenoxy) is 2. The van der Waals surface area contributed by atoms with E-state index in [0.717, 1.165) is 11.3 Å². The Morgan fingerprint density at radius 2 is 2.00 bits per heavy atom. The molecular weight excluding hydrogens is 472 g/mol. The van der Waals surface area contributed by atoms with Crippen LogP contribution in [0.25, 0.3) is 6.08 Å². The summed E-state index contributed by atoms with van der Waals surface area (Å²) >= 11 is 5.43. The normalized spacial score (nSPS) is 29.3. The molecular formula is C25H33N2O5S2-. The number of aliphatic hydroxyl groups is 1. The van der Waals surface area contributed by atoms with E-state index in [1.807, 2.05) is 42.7 Å². The SMILES string of the molecule is CO[C@H]1/C=C\C=C\c2csc(n2)[C@@H](C)N=C([O-])/C=C(/[C@@](C)(O)C(=O)CS)CC/C(C)=C\[C@H]1OC. The van der Waals surface area contributed by atoms with Crippen molar-refractivity contribution in [3.05, 3.63) is 57.6 Å². The number of thiol groups is 1. The molecule has 0 saturated carbocycles. The van der Waals surface area contributed by atoms with Crippen LogP contribution in [0.3, 0.4) is 0 Å². The van der Waals surface area contributed by atoms with Gasteiger partial charge in [-0.15, -0.1) is 11.3 Å². The van der Waals surface area contributed by atoms with Gasteiger partial charge in [-0.3, -0.25) is 9.79 Å². The van der Waals surface area contributed by atoms with Gasteiger partial charge in [-0.2, -0.15) is 12.6 Å². The van der Waals surface area contributed by atoms with Gasteiger partial charge in [0.1, 0.15) is 22.8 Å². The lowest BCUT2D eigenvalue weighted by atomic mass is 9.87. The molecule has 2 heterocycles. The number of methoxy groups -OCH3 is 2. The molecule has 34 heavy (non-hydrogen) atoms. The van der Waals surface area contributed by atoms with Gasteiger partial charge in [-0.05, 0) is 57.2 Å². The third kappa shape index (κ3) is 7.74. The summed E-state index contributed by atoms with van der Waals surface area (Å²) in [7, 11) is 3.22. The number of hydrogen-bond donors (Lipinski definition) is 2. The quantitative estimate of drug-likeness (QED) is 0.469. The minimum Gasteiger partial charge on any atom is -0.859 e. The Bertz CT molecular complexity index is 991. The first-order valence-corrected chi connectivity index (χ1v) is 12.5. The molecule has 9 heteroatoms. The summed E-state index contributed by atoms with van der Waals surface area (Å²) < 4.78 is 11.2. The Morgan fingerprint density at radius 1 is 1.29 bits per heavy atom. The van der Waals surface area contributed by atoms with Crippen LogP contribution in [0.15, 0.2) is 51.9 Å². The molecule has 0 saturated heterocycles. The number of carbonyl (C=O) groups excluding carboxylic acids is 1. The highest BCUT2D eigenvalue weighted by Gasteiger charge is 2.33. The number of allylic oxidation sites excluding steroid dienone is 3. The van der Waals surface area contributed by atoms with Crippen LogP contribution in [0.5, 0.6) is 0 Å². The molecule has 0 radical (unpaired) electrons. The van der Waals surface area contributed by atoms with Crippen LogP contribution in [0.4, 0.5) is 0 Å². The number of aromatic nitrogens is 1. The Hall–Kier alpha value is -2.04. The summed E-state index contributed by atoms with van der Waals surface area (Å²) in [5.74, 6) is -1.16. The van der Waals surface area contributed by atoms with Crippen molar-refractivity contribution in [3.63, 3.8) is 0 Å². The van der Waals surface area contributed by atoms with E-state index in [1.165, 1.54) is 24.3 Å². The summed E-state index contributed by atoms with van der Waals surface area (Å²) in [5.41, 5.74) is 0.188. The maximum atomic E-state index is 12.8. The Balaban J connectivity index is 2.54. The maximum absolute atomic E-state index is 12.8. The molecule has 4 atom stereocenters. The van der Waals surface area contributed by atoms with Crippen molar-refractivity contribution >= 4 is 41.7 Å². The molecule has 186 valence electrons. The van der Waals surface area contributed by atoms with Crippen molar-refractivity contribution in [2.24, 2.45) is 4.99 Å². The number of ketones is 1. The standard InChI is InChI=1S/C25H34N2O5S2/c1-16-10-11-18(25(3,30)22(28)14-33)13-23(29)26-17(2)24-27-19(15-34-24)8-6-7-9-20(31-4)21(12-16)32-5/h6-9,12-13,15,17,20-21,30,33H,10-11,14H2,1-5H3,(H,26,29)/p-1/b8-6+,9-7-,16-12-,18-13+/t17-,20+,21-,25-/m1/s1. The first kappa shape index (κ1) is 28.2. The topological polar surface area (TPSA) is 104 Å². The molecule has 0 spiro atoms. The second kappa shape index (κ2) is 13.2. The van der Waals surface area contributed by atoms with Crippen LogP contribution >= 0.6 is 24.0 Å². The van der Waals surface area contributed by atoms with E-state index in [1.54, 1.807) is 21.1 Å². The Kier molecular flexibility index (Phi) is 10.9. The van der Waals surface area contributed by atoms with Crippen LogP contribution in [-0.2, 0) is 14.3 Å². The van der Waals surface area contributed by atoms with Crippen LogP contribution < -0.4 is 5.11 Å². The minimum absolute atomic E-state index is 0.149. The summed E-state index contributed by atoms with van der Waals surface area (Å²) in [6.45, 7) is 5.11. The summed E-state index contributed by atoms with van der Waals surface area (Å²) in [5, 5.41) is 26.3. The highest BCUT2D eigenvalue weighted by atomic mass is 32.1. The fraction of sp³-hybridized carbons (Fsp3) is 0.480. The largest absolute Gasteiger partial charge is 0.859 e. The summed E-state index contributed by atoms with van der Waals surface area (Å²) in [6.07, 6.45) is 10.9. The first-order valence-electron chi connectivity index (χ1n) is 11.0. The second-order valence-electron chi connectivity index (χ2n) is 8.23. The number of fused-ring (bicyclic) bond motifs is 2. The number of rotatable bonds is 5. The molecule has 7 nitrogen and oxygen atoms in total. The summed E-state index contributed by atoms with van der Waals surface area (Å²) in [4.78, 5) is 21.1. The molecule has 2 rings (SSSR count). The van der Waals surface area contributed by atoms with Crippen molar-refractivity contribution in [1.29, 1.82) is 0 Å². The van der Waals surface area contributed by atoms with E-state index in [9.17, 15) is 15.0 Å². The number of hydrogen-bond acceptors (Lipinski definition) is 9. The van der Waals surface area contributed by atoms with Gasteiger partial charge < -0.3 is 19.7 Å². The smallest absolute Gasteiger partial charge is 0.177 e. The molecule has 1 aliphatic heterocycles. The second-order valence-corrected chi connectivity index (χ2v) is 9.44. The average Bonchev–Trinajstić information content (AvgIpc) is 3.28. The molecule has 0 unspecified atom stereocenters. The third-order valence-electron chi connectivity index (χ3n) is 5.61. The molecule has 1 N–H and O–H groups in total. The Morgan fingerprint density at radius 3 is 2.65 bits per heavy atom. The van der Waals surface area contributed by atoms with Gasteiger partial charge in [-0.25, -0.2) is 4.98 Å². The van der Waals surface area contributed by atoms with Crippen LogP contribution in [0.1, 0.15) is 50.4 Å². The van der Waals surface area contributed by atoms with Gasteiger partial charge in [0.05, 0.1) is 17.5 Å². The molecule has 0 fully saturated rings. The van der Waals surface area contributed by atoms with Gasteiger partial charge in [0.2, 0.25) is 0 Å². The zero-order valence-corrected chi connectivity index (χ0v) is 21.9. The zero-order chi connectivity index (χ0) is 25.3. The lowest BCUT2D eigenvalue weighted by molar-refractivity contribution is -0.212. The van der Waals surface area contributed by atoms with Crippen molar-refractivity contribution < 1.29 is 24.5 Å². The number of nitrogens with zero attached hydrogens (tertiary/aromatic N) is 2. The van der Waals surface area contributed by atoms with Crippen LogP contribution in [0, 0.1) is 0 Å². The van der Waals surface area contributed by atoms with E-state index in [2.05, 4.69) is 22.6 Å². The van der Waals surface area contributed by atoms with Gasteiger partial charge in [-0.1, -0.05) is 29.9 Å². The predicted molar refractivity (Wildman–Crippen MR) is 138 cm³/mol.